The van der Waals surface area contributed by atoms with Gasteiger partial charge >= 0.3 is 0 Å². The van der Waals surface area contributed by atoms with Gasteiger partial charge in [-0.1, -0.05) is 17.7 Å². The Balaban J connectivity index is 2.29. The zero-order valence-electron chi connectivity index (χ0n) is 10.3. The molecule has 0 unspecified atom stereocenters. The molecule has 0 heterocycles. The summed E-state index contributed by atoms with van der Waals surface area (Å²) in [5.41, 5.74) is 4.80. The average molecular weight is 257 g/mol. The van der Waals surface area contributed by atoms with Gasteiger partial charge in [0, 0.05) is 11.4 Å². The minimum Gasteiger partial charge on any atom is -0.355 e. The van der Waals surface area contributed by atoms with E-state index in [-0.39, 0.29) is 0 Å². The van der Waals surface area contributed by atoms with Gasteiger partial charge in [-0.05, 0) is 55.3 Å². The zero-order valence-corrected chi connectivity index (χ0v) is 11.0. The summed E-state index contributed by atoms with van der Waals surface area (Å²) < 4.78 is 0. The van der Waals surface area contributed by atoms with Crippen LogP contribution in [0.25, 0.3) is 0 Å². The first kappa shape index (κ1) is 12.5. The maximum Gasteiger partial charge on any atom is 0.101 e. The molecule has 2 rings (SSSR count). The van der Waals surface area contributed by atoms with E-state index in [2.05, 4.69) is 37.4 Å². The third kappa shape index (κ3) is 2.82. The normalized spacial score (nSPS) is 9.89. The second kappa shape index (κ2) is 5.12. The van der Waals surface area contributed by atoms with Crippen LogP contribution >= 0.6 is 11.6 Å². The number of aryl methyl sites for hydroxylation is 2. The van der Waals surface area contributed by atoms with Crippen LogP contribution in [0, 0.1) is 25.2 Å². The molecule has 0 saturated heterocycles. The largest absolute Gasteiger partial charge is 0.355 e. The van der Waals surface area contributed by atoms with Crippen molar-refractivity contribution in [2.45, 2.75) is 13.8 Å². The number of nitrogens with zero attached hydrogens (tertiary/aromatic N) is 1. The Hall–Kier alpha value is -1.98. The van der Waals surface area contributed by atoms with Gasteiger partial charge in [0.15, 0.2) is 0 Å². The molecule has 0 atom stereocenters. The number of halogens is 1. The van der Waals surface area contributed by atoms with E-state index >= 15 is 0 Å². The maximum absolute atomic E-state index is 8.82. The van der Waals surface area contributed by atoms with Crippen LogP contribution in [0.5, 0.6) is 0 Å². The number of benzene rings is 2. The Morgan fingerprint density at radius 1 is 1.00 bits per heavy atom. The first-order chi connectivity index (χ1) is 8.58. The summed E-state index contributed by atoms with van der Waals surface area (Å²) >= 11 is 6.00. The molecule has 0 aromatic heterocycles. The minimum atomic E-state index is 0.465. The Morgan fingerprint density at radius 2 is 1.67 bits per heavy atom. The summed E-state index contributed by atoms with van der Waals surface area (Å²) in [6.07, 6.45) is 0. The van der Waals surface area contributed by atoms with Crippen molar-refractivity contribution < 1.29 is 0 Å². The molecule has 0 spiro atoms. The highest BCUT2D eigenvalue weighted by Crippen LogP contribution is 2.24. The Morgan fingerprint density at radius 3 is 2.22 bits per heavy atom. The van der Waals surface area contributed by atoms with Gasteiger partial charge in [-0.2, -0.15) is 5.26 Å². The molecule has 0 saturated carbocycles. The Kier molecular flexibility index (Phi) is 3.55. The van der Waals surface area contributed by atoms with Crippen LogP contribution in [0.4, 0.5) is 11.4 Å². The van der Waals surface area contributed by atoms with E-state index in [1.54, 1.807) is 12.1 Å². The lowest BCUT2D eigenvalue weighted by Crippen LogP contribution is -1.92. The number of hydrogen-bond donors (Lipinski definition) is 1. The summed E-state index contributed by atoms with van der Waals surface area (Å²) in [6.45, 7) is 4.12. The summed E-state index contributed by atoms with van der Waals surface area (Å²) in [4.78, 5) is 0. The highest BCUT2D eigenvalue weighted by molar-refractivity contribution is 6.32. The molecular weight excluding hydrogens is 244 g/mol. The van der Waals surface area contributed by atoms with Crippen molar-refractivity contribution in [3.05, 3.63) is 58.1 Å². The Labute approximate surface area is 112 Å². The Bertz CT molecular complexity index is 607. The van der Waals surface area contributed by atoms with Crippen molar-refractivity contribution in [3.63, 3.8) is 0 Å². The molecular formula is C15H13ClN2. The van der Waals surface area contributed by atoms with E-state index in [0.29, 0.717) is 10.6 Å². The number of anilines is 2. The predicted molar refractivity (Wildman–Crippen MR) is 75.4 cm³/mol. The lowest BCUT2D eigenvalue weighted by molar-refractivity contribution is 1.37. The van der Waals surface area contributed by atoms with Gasteiger partial charge < -0.3 is 5.32 Å². The van der Waals surface area contributed by atoms with E-state index in [0.717, 1.165) is 11.4 Å². The fourth-order valence-corrected chi connectivity index (χ4v) is 2.12. The van der Waals surface area contributed by atoms with Gasteiger partial charge in [-0.15, -0.1) is 0 Å². The molecule has 0 fully saturated rings. The molecule has 2 aromatic carbocycles. The number of rotatable bonds is 2. The third-order valence-electron chi connectivity index (χ3n) is 2.60. The van der Waals surface area contributed by atoms with Crippen molar-refractivity contribution in [1.82, 2.24) is 0 Å². The topological polar surface area (TPSA) is 35.8 Å². The molecule has 0 aliphatic heterocycles. The van der Waals surface area contributed by atoms with Crippen LogP contribution in [-0.2, 0) is 0 Å². The molecule has 2 nitrogen and oxygen atoms in total. The van der Waals surface area contributed by atoms with Crippen molar-refractivity contribution in [1.29, 1.82) is 5.26 Å². The average Bonchev–Trinajstić information content (AvgIpc) is 2.27. The van der Waals surface area contributed by atoms with Crippen molar-refractivity contribution in [2.24, 2.45) is 0 Å². The fourth-order valence-electron chi connectivity index (χ4n) is 1.90. The molecule has 2 aromatic rings. The molecule has 0 bridgehead atoms. The molecule has 0 amide bonds. The van der Waals surface area contributed by atoms with Crippen LogP contribution in [-0.4, -0.2) is 0 Å². The van der Waals surface area contributed by atoms with Gasteiger partial charge in [0.05, 0.1) is 10.6 Å². The first-order valence-electron chi connectivity index (χ1n) is 5.63. The second-order valence-electron chi connectivity index (χ2n) is 4.31. The van der Waals surface area contributed by atoms with E-state index in [1.807, 2.05) is 12.1 Å². The van der Waals surface area contributed by atoms with Gasteiger partial charge in [-0.25, -0.2) is 0 Å². The third-order valence-corrected chi connectivity index (χ3v) is 2.91. The van der Waals surface area contributed by atoms with E-state index < -0.39 is 0 Å². The number of nitriles is 1. The second-order valence-corrected chi connectivity index (χ2v) is 4.72. The molecule has 0 aliphatic carbocycles. The zero-order chi connectivity index (χ0) is 13.1. The lowest BCUT2D eigenvalue weighted by atomic mass is 10.1. The lowest BCUT2D eigenvalue weighted by Gasteiger charge is -2.09. The van der Waals surface area contributed by atoms with Gasteiger partial charge in [-0.3, -0.25) is 0 Å². The van der Waals surface area contributed by atoms with Crippen LogP contribution in [0.15, 0.2) is 36.4 Å². The highest BCUT2D eigenvalue weighted by atomic mass is 35.5. The summed E-state index contributed by atoms with van der Waals surface area (Å²) in [5, 5.41) is 12.6. The fraction of sp³-hybridized carbons (Fsp3) is 0.133. The van der Waals surface area contributed by atoms with Crippen LogP contribution < -0.4 is 5.32 Å². The minimum absolute atomic E-state index is 0.465. The monoisotopic (exact) mass is 256 g/mol. The van der Waals surface area contributed by atoms with E-state index in [1.165, 1.54) is 11.1 Å². The highest BCUT2D eigenvalue weighted by Gasteiger charge is 2.02. The van der Waals surface area contributed by atoms with Gasteiger partial charge in [0.2, 0.25) is 0 Å². The molecule has 18 heavy (non-hydrogen) atoms. The quantitative estimate of drug-likeness (QED) is 0.854. The molecule has 1 N–H and O–H groups in total. The van der Waals surface area contributed by atoms with Crippen molar-refractivity contribution in [2.75, 3.05) is 5.32 Å². The number of hydrogen-bond acceptors (Lipinski definition) is 2. The van der Waals surface area contributed by atoms with Crippen molar-refractivity contribution in [3.8, 4) is 6.07 Å². The number of nitrogens with one attached hydrogen (secondary N) is 1. The van der Waals surface area contributed by atoms with Crippen LogP contribution in [0.2, 0.25) is 5.02 Å². The van der Waals surface area contributed by atoms with Crippen LogP contribution in [0.1, 0.15) is 16.7 Å². The standard InChI is InChI=1S/C15H13ClN2/c1-10-5-11(2)7-14(6-10)18-13-4-3-12(9-17)15(16)8-13/h3-8,18H,1-2H3. The summed E-state index contributed by atoms with van der Waals surface area (Å²) in [7, 11) is 0. The molecule has 0 aliphatic rings. The first-order valence-corrected chi connectivity index (χ1v) is 6.01. The summed E-state index contributed by atoms with van der Waals surface area (Å²) in [6, 6.07) is 13.6. The SMILES string of the molecule is Cc1cc(C)cc(Nc2ccc(C#N)c(Cl)c2)c1. The van der Waals surface area contributed by atoms with Gasteiger partial charge in [0.1, 0.15) is 6.07 Å². The van der Waals surface area contributed by atoms with Crippen molar-refractivity contribution >= 4 is 23.0 Å². The smallest absolute Gasteiger partial charge is 0.101 e. The van der Waals surface area contributed by atoms with Crippen LogP contribution in [0.3, 0.4) is 0 Å². The molecule has 3 heteroatoms. The summed E-state index contributed by atoms with van der Waals surface area (Å²) in [5.74, 6) is 0. The van der Waals surface area contributed by atoms with E-state index in [4.69, 9.17) is 16.9 Å². The van der Waals surface area contributed by atoms with E-state index in [9.17, 15) is 0 Å². The molecule has 90 valence electrons. The predicted octanol–water partition coefficient (Wildman–Crippen LogP) is 4.57. The molecule has 0 radical (unpaired) electrons. The van der Waals surface area contributed by atoms with Gasteiger partial charge in [0.25, 0.3) is 0 Å². The maximum atomic E-state index is 8.82.